The molecule has 0 bridgehead atoms. The normalized spacial score (nSPS) is 18.8. The Morgan fingerprint density at radius 1 is 0.966 bits per heavy atom. The Morgan fingerprint density at radius 2 is 1.69 bits per heavy atom. The highest BCUT2D eigenvalue weighted by Gasteiger charge is 2.29. The number of thioether (sulfide) groups is 1. The Morgan fingerprint density at radius 3 is 2.34 bits per heavy atom. The topological polar surface area (TPSA) is 48.9 Å². The molecule has 0 radical (unpaired) electrons. The van der Waals surface area contributed by atoms with Crippen LogP contribution >= 0.6 is 11.8 Å². The first kappa shape index (κ1) is 19.6. The molecule has 3 nitrogen and oxygen atoms in total. The second-order valence-electron chi connectivity index (χ2n) is 7.30. The van der Waals surface area contributed by atoms with Crippen LogP contribution in [0.3, 0.4) is 0 Å². The number of aromatic hydroxyl groups is 1. The van der Waals surface area contributed by atoms with Gasteiger partial charge in [0.15, 0.2) is 6.17 Å². The molecular weight excluding hydrogens is 376 g/mol. The summed E-state index contributed by atoms with van der Waals surface area (Å²) in [5, 5.41) is 16.4. The van der Waals surface area contributed by atoms with Crippen LogP contribution in [0.25, 0.3) is 5.70 Å². The third kappa shape index (κ3) is 4.34. The molecule has 4 rings (SSSR count). The zero-order chi connectivity index (χ0) is 20.2. The highest BCUT2D eigenvalue weighted by molar-refractivity contribution is 7.98. The van der Waals surface area contributed by atoms with Crippen molar-refractivity contribution in [3.05, 3.63) is 101 Å². The van der Waals surface area contributed by atoms with E-state index in [1.165, 1.54) is 21.6 Å². The molecule has 0 aliphatic carbocycles. The fourth-order valence-electron chi connectivity index (χ4n) is 3.77. The standard InChI is InChI=1S/C25H26N2OS/c1-3-17-8-10-18(11-9-17)22-16-23(21-6-4-5-7-24(21)28)27-25(26-22)19-12-14-20(29-2)15-13-19/h4-16,23,25-28H,3H2,1-2H3/p+1. The van der Waals surface area contributed by atoms with Gasteiger partial charge in [-0.1, -0.05) is 43.3 Å². The molecule has 0 saturated heterocycles. The minimum Gasteiger partial charge on any atom is -0.507 e. The van der Waals surface area contributed by atoms with Crippen LogP contribution in [0.4, 0.5) is 0 Å². The molecule has 1 heterocycles. The van der Waals surface area contributed by atoms with Crippen LogP contribution in [0, 0.1) is 0 Å². The van der Waals surface area contributed by atoms with E-state index in [1.807, 2.05) is 18.2 Å². The zero-order valence-electron chi connectivity index (χ0n) is 16.8. The van der Waals surface area contributed by atoms with E-state index in [0.717, 1.165) is 17.7 Å². The van der Waals surface area contributed by atoms with Crippen molar-refractivity contribution in [3.8, 4) is 5.75 Å². The van der Waals surface area contributed by atoms with Gasteiger partial charge in [-0.15, -0.1) is 11.8 Å². The summed E-state index contributed by atoms with van der Waals surface area (Å²) in [6, 6.07) is 25.1. The molecule has 2 unspecified atom stereocenters. The molecule has 1 aliphatic rings. The first-order valence-corrected chi connectivity index (χ1v) is 11.2. The van der Waals surface area contributed by atoms with Crippen LogP contribution in [0.15, 0.2) is 83.8 Å². The van der Waals surface area contributed by atoms with Gasteiger partial charge >= 0.3 is 0 Å². The molecule has 4 heteroatoms. The molecule has 29 heavy (non-hydrogen) atoms. The summed E-state index contributed by atoms with van der Waals surface area (Å²) in [7, 11) is 0. The summed E-state index contributed by atoms with van der Waals surface area (Å²) >= 11 is 1.75. The highest BCUT2D eigenvalue weighted by atomic mass is 32.2. The predicted molar refractivity (Wildman–Crippen MR) is 121 cm³/mol. The van der Waals surface area contributed by atoms with Gasteiger partial charge in [0, 0.05) is 22.2 Å². The van der Waals surface area contributed by atoms with Crippen LogP contribution in [0.2, 0.25) is 0 Å². The van der Waals surface area contributed by atoms with Gasteiger partial charge in [0.25, 0.3) is 0 Å². The SMILES string of the molecule is CCc1ccc(C2=CC(c3ccccc3O)[NH2+]C(c3ccc(SC)cc3)N2)cc1. The van der Waals surface area contributed by atoms with Crippen molar-refractivity contribution < 1.29 is 10.4 Å². The van der Waals surface area contributed by atoms with Crippen LogP contribution in [-0.2, 0) is 6.42 Å². The number of phenols is 1. The smallest absolute Gasteiger partial charge is 0.186 e. The number of quaternary nitrogens is 1. The lowest BCUT2D eigenvalue weighted by atomic mass is 9.97. The highest BCUT2D eigenvalue weighted by Crippen LogP contribution is 2.29. The average molecular weight is 404 g/mol. The Balaban J connectivity index is 1.71. The molecular formula is C25H27N2OS+. The quantitative estimate of drug-likeness (QED) is 0.545. The van der Waals surface area contributed by atoms with E-state index in [9.17, 15) is 5.11 Å². The average Bonchev–Trinajstić information content (AvgIpc) is 2.79. The number of rotatable bonds is 5. The van der Waals surface area contributed by atoms with Crippen molar-refractivity contribution in [3.63, 3.8) is 0 Å². The summed E-state index contributed by atoms with van der Waals surface area (Å²) < 4.78 is 0. The number of phenolic OH excluding ortho intramolecular Hbond substituents is 1. The van der Waals surface area contributed by atoms with E-state index in [-0.39, 0.29) is 12.2 Å². The number of aryl methyl sites for hydroxylation is 1. The van der Waals surface area contributed by atoms with Crippen molar-refractivity contribution in [2.45, 2.75) is 30.4 Å². The molecule has 0 amide bonds. The van der Waals surface area contributed by atoms with Crippen LogP contribution in [-0.4, -0.2) is 11.4 Å². The van der Waals surface area contributed by atoms with E-state index in [4.69, 9.17) is 0 Å². The number of nitrogens with one attached hydrogen (secondary N) is 1. The van der Waals surface area contributed by atoms with E-state index in [1.54, 1.807) is 17.8 Å². The van der Waals surface area contributed by atoms with Crippen LogP contribution < -0.4 is 10.6 Å². The Hall–Kier alpha value is -2.69. The molecule has 148 valence electrons. The van der Waals surface area contributed by atoms with Crippen LogP contribution in [0.1, 0.15) is 41.4 Å². The van der Waals surface area contributed by atoms with Gasteiger partial charge in [0.1, 0.15) is 11.8 Å². The molecule has 4 N–H and O–H groups in total. The Labute approximate surface area is 176 Å². The molecule has 2 atom stereocenters. The van der Waals surface area contributed by atoms with Gasteiger partial charge in [0.2, 0.25) is 0 Å². The first-order valence-electron chi connectivity index (χ1n) is 10.0. The van der Waals surface area contributed by atoms with Crippen molar-refractivity contribution >= 4 is 17.5 Å². The van der Waals surface area contributed by atoms with Crippen molar-refractivity contribution in [1.29, 1.82) is 0 Å². The lowest BCUT2D eigenvalue weighted by Crippen LogP contribution is -2.89. The molecule has 0 aromatic heterocycles. The zero-order valence-corrected chi connectivity index (χ0v) is 17.6. The van der Waals surface area contributed by atoms with E-state index in [2.05, 4.69) is 78.4 Å². The summed E-state index contributed by atoms with van der Waals surface area (Å²) in [6.45, 7) is 2.17. The number of hydrogen-bond acceptors (Lipinski definition) is 3. The van der Waals surface area contributed by atoms with Gasteiger partial charge in [-0.05, 0) is 60.2 Å². The molecule has 1 aliphatic heterocycles. The van der Waals surface area contributed by atoms with Gasteiger partial charge in [-0.2, -0.15) is 0 Å². The maximum Gasteiger partial charge on any atom is 0.186 e. The largest absolute Gasteiger partial charge is 0.507 e. The van der Waals surface area contributed by atoms with E-state index >= 15 is 0 Å². The fraction of sp³-hybridized carbons (Fsp3) is 0.200. The summed E-state index contributed by atoms with van der Waals surface area (Å²) in [6.07, 6.45) is 5.41. The van der Waals surface area contributed by atoms with Crippen molar-refractivity contribution in [2.75, 3.05) is 6.26 Å². The van der Waals surface area contributed by atoms with Crippen molar-refractivity contribution in [2.24, 2.45) is 0 Å². The number of para-hydroxylation sites is 1. The Kier molecular flexibility index (Phi) is 5.93. The molecule has 0 saturated carbocycles. The third-order valence-electron chi connectivity index (χ3n) is 5.50. The van der Waals surface area contributed by atoms with E-state index in [0.29, 0.717) is 5.75 Å². The second kappa shape index (κ2) is 8.76. The lowest BCUT2D eigenvalue weighted by Gasteiger charge is -2.30. The maximum atomic E-state index is 10.4. The summed E-state index contributed by atoms with van der Waals surface area (Å²) in [5.74, 6) is 0.337. The number of hydrogen-bond donors (Lipinski definition) is 3. The summed E-state index contributed by atoms with van der Waals surface area (Å²) in [5.41, 5.74) is 5.75. The first-order chi connectivity index (χ1) is 14.2. The molecule has 0 fully saturated rings. The number of nitrogens with two attached hydrogens (primary N) is 1. The fourth-order valence-corrected chi connectivity index (χ4v) is 4.18. The van der Waals surface area contributed by atoms with Crippen molar-refractivity contribution in [1.82, 2.24) is 5.32 Å². The second-order valence-corrected chi connectivity index (χ2v) is 8.18. The minimum atomic E-state index is 0.0310. The third-order valence-corrected chi connectivity index (χ3v) is 6.24. The molecule has 0 spiro atoms. The monoisotopic (exact) mass is 403 g/mol. The summed E-state index contributed by atoms with van der Waals surface area (Å²) in [4.78, 5) is 1.26. The predicted octanol–water partition coefficient (Wildman–Crippen LogP) is 4.62. The minimum absolute atomic E-state index is 0.0310. The van der Waals surface area contributed by atoms with Gasteiger partial charge < -0.3 is 15.7 Å². The number of benzene rings is 3. The van der Waals surface area contributed by atoms with E-state index < -0.39 is 0 Å². The maximum absolute atomic E-state index is 10.4. The molecule has 3 aromatic carbocycles. The van der Waals surface area contributed by atoms with Gasteiger partial charge in [-0.3, -0.25) is 0 Å². The lowest BCUT2D eigenvalue weighted by molar-refractivity contribution is -0.731. The van der Waals surface area contributed by atoms with Gasteiger partial charge in [0.05, 0.1) is 5.56 Å². The van der Waals surface area contributed by atoms with Crippen LogP contribution in [0.5, 0.6) is 5.75 Å². The molecule has 3 aromatic rings. The Bertz CT molecular complexity index is 996. The van der Waals surface area contributed by atoms with Gasteiger partial charge in [-0.25, -0.2) is 0 Å².